The zero-order valence-electron chi connectivity index (χ0n) is 11.3. The molecule has 0 saturated carbocycles. The summed E-state index contributed by atoms with van der Waals surface area (Å²) in [4.78, 5) is 26.4. The van der Waals surface area contributed by atoms with Gasteiger partial charge >= 0.3 is 5.97 Å². The van der Waals surface area contributed by atoms with Gasteiger partial charge in [-0.05, 0) is 12.8 Å². The van der Waals surface area contributed by atoms with Crippen LogP contribution in [0.4, 0.5) is 0 Å². The summed E-state index contributed by atoms with van der Waals surface area (Å²) in [5, 5.41) is 8.88. The first kappa shape index (κ1) is 15.2. The number of hydrogen-bond acceptors (Lipinski definition) is 5. The van der Waals surface area contributed by atoms with Gasteiger partial charge in [-0.15, -0.1) is 0 Å². The van der Waals surface area contributed by atoms with Crippen LogP contribution >= 0.6 is 0 Å². The predicted octanol–water partition coefficient (Wildman–Crippen LogP) is -0.817. The fourth-order valence-corrected chi connectivity index (χ4v) is 4.35. The van der Waals surface area contributed by atoms with Crippen LogP contribution in [0, 0.1) is 0 Å². The van der Waals surface area contributed by atoms with E-state index >= 15 is 0 Å². The summed E-state index contributed by atoms with van der Waals surface area (Å²) in [6.07, 6.45) is 1.75. The van der Waals surface area contributed by atoms with E-state index in [-0.39, 0.29) is 36.9 Å². The van der Waals surface area contributed by atoms with Crippen LogP contribution in [-0.2, 0) is 19.4 Å². The van der Waals surface area contributed by atoms with Crippen molar-refractivity contribution < 1.29 is 23.1 Å². The number of carbonyl (C=O) groups is 2. The number of carbonyl (C=O) groups excluding carboxylic acids is 1. The molecule has 0 aromatic carbocycles. The summed E-state index contributed by atoms with van der Waals surface area (Å²) < 4.78 is 23.2. The Morgan fingerprint density at radius 1 is 1.15 bits per heavy atom. The van der Waals surface area contributed by atoms with Crippen molar-refractivity contribution in [1.82, 2.24) is 9.80 Å². The van der Waals surface area contributed by atoms with Crippen LogP contribution in [0.2, 0.25) is 0 Å². The Morgan fingerprint density at radius 2 is 1.80 bits per heavy atom. The second kappa shape index (κ2) is 6.09. The van der Waals surface area contributed by atoms with E-state index in [1.54, 1.807) is 9.80 Å². The highest BCUT2D eigenvalue weighted by Gasteiger charge is 2.34. The minimum absolute atomic E-state index is 0.00357. The number of hydrogen-bond donors (Lipinski definition) is 1. The minimum atomic E-state index is -3.20. The maximum atomic E-state index is 12.1. The van der Waals surface area contributed by atoms with Crippen molar-refractivity contribution in [2.24, 2.45) is 0 Å². The van der Waals surface area contributed by atoms with E-state index in [1.165, 1.54) is 0 Å². The number of sulfone groups is 1. The zero-order chi connectivity index (χ0) is 14.8. The van der Waals surface area contributed by atoms with Crippen molar-refractivity contribution in [3.63, 3.8) is 0 Å². The largest absolute Gasteiger partial charge is 0.481 e. The van der Waals surface area contributed by atoms with E-state index in [0.29, 0.717) is 0 Å². The van der Waals surface area contributed by atoms with Gasteiger partial charge in [-0.3, -0.25) is 14.5 Å². The molecule has 2 saturated heterocycles. The van der Waals surface area contributed by atoms with Crippen molar-refractivity contribution >= 4 is 21.7 Å². The van der Waals surface area contributed by atoms with Crippen LogP contribution in [0.3, 0.4) is 0 Å². The Kier molecular flexibility index (Phi) is 4.64. The highest BCUT2D eigenvalue weighted by atomic mass is 32.2. The average Bonchev–Trinajstić information content (AvgIpc) is 2.85. The first-order valence-electron chi connectivity index (χ1n) is 6.81. The van der Waals surface area contributed by atoms with Crippen molar-refractivity contribution in [2.75, 3.05) is 37.7 Å². The van der Waals surface area contributed by atoms with Crippen molar-refractivity contribution in [3.8, 4) is 0 Å². The third-order valence-electron chi connectivity index (χ3n) is 3.86. The lowest BCUT2D eigenvalue weighted by molar-refractivity contribution is -0.139. The molecule has 2 rings (SSSR count). The van der Waals surface area contributed by atoms with Gasteiger partial charge in [-0.25, -0.2) is 8.42 Å². The van der Waals surface area contributed by atoms with Gasteiger partial charge in [0.1, 0.15) is 0 Å². The average molecular weight is 304 g/mol. The Labute approximate surface area is 118 Å². The summed E-state index contributed by atoms with van der Waals surface area (Å²) in [7, 11) is -3.20. The van der Waals surface area contributed by atoms with Crippen molar-refractivity contribution in [1.29, 1.82) is 0 Å². The first-order chi connectivity index (χ1) is 9.37. The quantitative estimate of drug-likeness (QED) is 0.729. The number of carboxylic acids is 1. The highest BCUT2D eigenvalue weighted by Crippen LogP contribution is 2.16. The van der Waals surface area contributed by atoms with Gasteiger partial charge in [0.15, 0.2) is 9.84 Å². The molecule has 0 bridgehead atoms. The fourth-order valence-electron chi connectivity index (χ4n) is 2.76. The first-order valence-corrected chi connectivity index (χ1v) is 8.63. The number of likely N-dealkylation sites (tertiary alicyclic amines) is 1. The van der Waals surface area contributed by atoms with Crippen LogP contribution < -0.4 is 0 Å². The normalized spacial score (nSPS) is 26.6. The third kappa shape index (κ3) is 3.92. The zero-order valence-corrected chi connectivity index (χ0v) is 12.1. The molecule has 2 aliphatic rings. The number of amides is 1. The Morgan fingerprint density at radius 3 is 2.40 bits per heavy atom. The molecular weight excluding hydrogens is 284 g/mol. The Balaban J connectivity index is 2.00. The van der Waals surface area contributed by atoms with Gasteiger partial charge in [0.05, 0.1) is 24.5 Å². The van der Waals surface area contributed by atoms with Gasteiger partial charge in [-0.2, -0.15) is 0 Å². The van der Waals surface area contributed by atoms with Crippen LogP contribution in [-0.4, -0.2) is 78.9 Å². The van der Waals surface area contributed by atoms with E-state index in [1.807, 2.05) is 0 Å². The van der Waals surface area contributed by atoms with E-state index in [0.717, 1.165) is 25.9 Å². The molecule has 20 heavy (non-hydrogen) atoms. The maximum Gasteiger partial charge on any atom is 0.304 e. The van der Waals surface area contributed by atoms with E-state index in [2.05, 4.69) is 0 Å². The number of rotatable bonds is 4. The Hall–Kier alpha value is -1.15. The van der Waals surface area contributed by atoms with Gasteiger partial charge < -0.3 is 10.0 Å². The molecule has 1 N–H and O–H groups in total. The van der Waals surface area contributed by atoms with E-state index < -0.39 is 21.8 Å². The smallest absolute Gasteiger partial charge is 0.304 e. The lowest BCUT2D eigenvalue weighted by Crippen LogP contribution is -2.52. The van der Waals surface area contributed by atoms with Crippen molar-refractivity contribution in [3.05, 3.63) is 0 Å². The molecule has 0 aliphatic carbocycles. The highest BCUT2D eigenvalue weighted by molar-refractivity contribution is 7.91. The monoisotopic (exact) mass is 304 g/mol. The standard InChI is InChI=1S/C12H20N2O5S/c15-11(13-3-1-2-4-13)8-14-5-6-20(18,19)9-10(14)7-12(16)17/h10H,1-9H2,(H,16,17). The lowest BCUT2D eigenvalue weighted by Gasteiger charge is -2.34. The number of carboxylic acid groups (broad SMARTS) is 1. The summed E-state index contributed by atoms with van der Waals surface area (Å²) in [6, 6.07) is -0.599. The predicted molar refractivity (Wildman–Crippen MR) is 72.1 cm³/mol. The fraction of sp³-hybridized carbons (Fsp3) is 0.833. The topological polar surface area (TPSA) is 95.0 Å². The minimum Gasteiger partial charge on any atom is -0.481 e. The molecule has 2 heterocycles. The van der Waals surface area contributed by atoms with Crippen LogP contribution in [0.5, 0.6) is 0 Å². The van der Waals surface area contributed by atoms with Gasteiger partial charge in [0.25, 0.3) is 0 Å². The molecule has 2 fully saturated rings. The second-order valence-corrected chi connectivity index (χ2v) is 7.65. The maximum absolute atomic E-state index is 12.1. The molecule has 8 heteroatoms. The molecule has 2 aliphatic heterocycles. The molecule has 0 spiro atoms. The number of aliphatic carboxylic acids is 1. The molecule has 1 amide bonds. The summed E-state index contributed by atoms with van der Waals surface area (Å²) in [5.74, 6) is -1.24. The molecule has 0 aromatic heterocycles. The molecule has 1 unspecified atom stereocenters. The van der Waals surface area contributed by atoms with Gasteiger partial charge in [0, 0.05) is 25.7 Å². The van der Waals surface area contributed by atoms with Crippen LogP contribution in [0.25, 0.3) is 0 Å². The molecule has 7 nitrogen and oxygen atoms in total. The Bertz CT molecular complexity index is 484. The SMILES string of the molecule is O=C(O)CC1CS(=O)(=O)CCN1CC(=O)N1CCCC1. The van der Waals surface area contributed by atoms with Crippen LogP contribution in [0.1, 0.15) is 19.3 Å². The molecule has 0 radical (unpaired) electrons. The van der Waals surface area contributed by atoms with Crippen LogP contribution in [0.15, 0.2) is 0 Å². The van der Waals surface area contributed by atoms with Crippen molar-refractivity contribution in [2.45, 2.75) is 25.3 Å². The molecule has 1 atom stereocenters. The van der Waals surface area contributed by atoms with Gasteiger partial charge in [0.2, 0.25) is 5.91 Å². The van der Waals surface area contributed by atoms with E-state index in [9.17, 15) is 18.0 Å². The summed E-state index contributed by atoms with van der Waals surface area (Å²) >= 11 is 0. The van der Waals surface area contributed by atoms with Gasteiger partial charge in [-0.1, -0.05) is 0 Å². The number of nitrogens with zero attached hydrogens (tertiary/aromatic N) is 2. The second-order valence-electron chi connectivity index (χ2n) is 5.42. The molecular formula is C12H20N2O5S. The molecule has 114 valence electrons. The summed E-state index contributed by atoms with van der Waals surface area (Å²) in [5.41, 5.74) is 0. The summed E-state index contributed by atoms with van der Waals surface area (Å²) in [6.45, 7) is 1.84. The molecule has 0 aromatic rings. The lowest BCUT2D eigenvalue weighted by atomic mass is 10.2. The van der Waals surface area contributed by atoms with E-state index in [4.69, 9.17) is 5.11 Å². The third-order valence-corrected chi connectivity index (χ3v) is 5.56.